The molecular weight excluding hydrogens is 210 g/mol. The summed E-state index contributed by atoms with van der Waals surface area (Å²) >= 11 is 0. The average molecular weight is 229 g/mol. The van der Waals surface area contributed by atoms with E-state index < -0.39 is 0 Å². The van der Waals surface area contributed by atoms with Gasteiger partial charge in [0.1, 0.15) is 5.78 Å². The van der Waals surface area contributed by atoms with Crippen LogP contribution in [0, 0.1) is 11.8 Å². The van der Waals surface area contributed by atoms with Crippen LogP contribution in [-0.4, -0.2) is 30.3 Å². The molecule has 2 nitrogen and oxygen atoms in total. The van der Waals surface area contributed by atoms with E-state index in [4.69, 9.17) is 0 Å². The highest BCUT2D eigenvalue weighted by molar-refractivity contribution is 5.84. The summed E-state index contributed by atoms with van der Waals surface area (Å²) in [7, 11) is 0. The number of hydrogen-bond acceptors (Lipinski definition) is 2. The van der Waals surface area contributed by atoms with Crippen LogP contribution in [0.4, 0.5) is 0 Å². The highest BCUT2D eigenvalue weighted by atomic mass is 16.1. The third kappa shape index (κ3) is 2.27. The second-order valence-electron chi connectivity index (χ2n) is 5.37. The zero-order valence-corrected chi connectivity index (χ0v) is 10.1. The van der Waals surface area contributed by atoms with Crippen molar-refractivity contribution in [1.29, 1.82) is 0 Å². The zero-order chi connectivity index (χ0) is 11.7. The van der Waals surface area contributed by atoms with E-state index in [2.05, 4.69) is 17.0 Å². The van der Waals surface area contributed by atoms with Gasteiger partial charge in [-0.3, -0.25) is 4.79 Å². The van der Waals surface area contributed by atoms with E-state index in [-0.39, 0.29) is 0 Å². The Morgan fingerprint density at radius 1 is 1.18 bits per heavy atom. The quantitative estimate of drug-likeness (QED) is 0.791. The van der Waals surface area contributed by atoms with Gasteiger partial charge in [-0.05, 0) is 37.4 Å². The Morgan fingerprint density at radius 3 is 2.47 bits per heavy atom. The highest BCUT2D eigenvalue weighted by Crippen LogP contribution is 2.33. The molecule has 1 aromatic carbocycles. The van der Waals surface area contributed by atoms with E-state index in [1.165, 1.54) is 25.9 Å². The Kier molecular flexibility index (Phi) is 2.98. The van der Waals surface area contributed by atoms with Gasteiger partial charge in [0.2, 0.25) is 0 Å². The smallest absolute Gasteiger partial charge is 0.141 e. The Labute approximate surface area is 103 Å². The van der Waals surface area contributed by atoms with E-state index >= 15 is 0 Å². The van der Waals surface area contributed by atoms with Crippen LogP contribution in [0.15, 0.2) is 30.3 Å². The van der Waals surface area contributed by atoms with Crippen LogP contribution < -0.4 is 0 Å². The molecule has 1 atom stereocenters. The number of carbonyl (C=O) groups excluding carboxylic acids is 1. The molecule has 4 rings (SSSR count). The van der Waals surface area contributed by atoms with E-state index in [1.54, 1.807) is 0 Å². The number of piperidine rings is 3. The topological polar surface area (TPSA) is 20.3 Å². The fraction of sp³-hybridized carbons (Fsp3) is 0.533. The van der Waals surface area contributed by atoms with Crippen molar-refractivity contribution in [3.63, 3.8) is 0 Å². The zero-order valence-electron chi connectivity index (χ0n) is 10.1. The van der Waals surface area contributed by atoms with Crippen molar-refractivity contribution in [2.24, 2.45) is 11.8 Å². The number of carbonyl (C=O) groups is 1. The summed E-state index contributed by atoms with van der Waals surface area (Å²) in [6, 6.07) is 10.1. The normalized spacial score (nSPS) is 31.4. The van der Waals surface area contributed by atoms with E-state index in [0.717, 1.165) is 12.1 Å². The van der Waals surface area contributed by atoms with Crippen molar-refractivity contribution in [1.82, 2.24) is 4.90 Å². The molecule has 2 heteroatoms. The second-order valence-corrected chi connectivity index (χ2v) is 5.37. The Balaban J connectivity index is 1.67. The molecule has 90 valence electrons. The van der Waals surface area contributed by atoms with E-state index in [9.17, 15) is 4.79 Å². The molecule has 3 aliphatic rings. The molecule has 3 saturated heterocycles. The third-order valence-corrected chi connectivity index (χ3v) is 4.29. The predicted molar refractivity (Wildman–Crippen MR) is 67.8 cm³/mol. The third-order valence-electron chi connectivity index (χ3n) is 4.29. The van der Waals surface area contributed by atoms with Gasteiger partial charge in [0.05, 0.1) is 0 Å². The minimum atomic E-state index is 0.303. The van der Waals surface area contributed by atoms with Crippen LogP contribution >= 0.6 is 0 Å². The van der Waals surface area contributed by atoms with Crippen molar-refractivity contribution in [3.8, 4) is 0 Å². The first-order valence-electron chi connectivity index (χ1n) is 6.62. The number of nitrogens with zero attached hydrogens (tertiary/aromatic N) is 1. The lowest BCUT2D eigenvalue weighted by atomic mass is 9.76. The Hall–Kier alpha value is -1.15. The van der Waals surface area contributed by atoms with Gasteiger partial charge in [-0.1, -0.05) is 30.3 Å². The molecule has 0 amide bonds. The van der Waals surface area contributed by atoms with Crippen LogP contribution in [0.2, 0.25) is 0 Å². The fourth-order valence-corrected chi connectivity index (χ4v) is 3.26. The average Bonchev–Trinajstić information content (AvgIpc) is 2.41. The van der Waals surface area contributed by atoms with Crippen LogP contribution in [0.25, 0.3) is 0 Å². The van der Waals surface area contributed by atoms with Crippen molar-refractivity contribution in [3.05, 3.63) is 35.9 Å². The van der Waals surface area contributed by atoms with Gasteiger partial charge in [-0.2, -0.15) is 0 Å². The van der Waals surface area contributed by atoms with Gasteiger partial charge in [0.15, 0.2) is 0 Å². The SMILES string of the molecule is O=C(Cc1ccccc1)C1CN2CCC1CC2. The summed E-state index contributed by atoms with van der Waals surface area (Å²) in [4.78, 5) is 14.8. The summed E-state index contributed by atoms with van der Waals surface area (Å²) in [5.74, 6) is 1.42. The monoisotopic (exact) mass is 229 g/mol. The molecule has 0 saturated carbocycles. The molecule has 3 aliphatic heterocycles. The van der Waals surface area contributed by atoms with Crippen molar-refractivity contribution in [2.45, 2.75) is 19.3 Å². The molecule has 17 heavy (non-hydrogen) atoms. The number of hydrogen-bond donors (Lipinski definition) is 0. The molecule has 0 radical (unpaired) electrons. The highest BCUT2D eigenvalue weighted by Gasteiger charge is 2.37. The summed E-state index contributed by atoms with van der Waals surface area (Å²) in [6.07, 6.45) is 3.08. The van der Waals surface area contributed by atoms with Gasteiger partial charge in [0.25, 0.3) is 0 Å². The van der Waals surface area contributed by atoms with Crippen molar-refractivity contribution in [2.75, 3.05) is 19.6 Å². The van der Waals surface area contributed by atoms with Crippen LogP contribution in [0.1, 0.15) is 18.4 Å². The summed E-state index contributed by atoms with van der Waals surface area (Å²) in [5.41, 5.74) is 1.16. The first-order chi connectivity index (χ1) is 8.33. The standard InChI is InChI=1S/C15H19NO/c17-15(10-12-4-2-1-3-5-12)14-11-16-8-6-13(14)7-9-16/h1-5,13-14H,6-11H2. The Bertz CT molecular complexity index is 393. The summed E-state index contributed by atoms with van der Waals surface area (Å²) in [5, 5.41) is 0. The molecule has 0 aliphatic carbocycles. The minimum Gasteiger partial charge on any atom is -0.303 e. The van der Waals surface area contributed by atoms with E-state index in [0.29, 0.717) is 24.0 Å². The number of fused-ring (bicyclic) bond motifs is 3. The molecule has 3 fully saturated rings. The second kappa shape index (κ2) is 4.61. The molecule has 0 aromatic heterocycles. The van der Waals surface area contributed by atoms with Crippen molar-refractivity contribution < 1.29 is 4.79 Å². The van der Waals surface area contributed by atoms with Crippen LogP contribution in [-0.2, 0) is 11.2 Å². The molecule has 0 N–H and O–H groups in total. The maximum Gasteiger partial charge on any atom is 0.141 e. The Morgan fingerprint density at radius 2 is 1.88 bits per heavy atom. The number of Topliss-reactive ketones (excluding diaryl/α,β-unsaturated/α-hetero) is 1. The predicted octanol–water partition coefficient (Wildman–Crippen LogP) is 2.14. The fourth-order valence-electron chi connectivity index (χ4n) is 3.26. The lowest BCUT2D eigenvalue weighted by Gasteiger charge is -2.44. The number of benzene rings is 1. The minimum absolute atomic E-state index is 0.303. The van der Waals surface area contributed by atoms with Gasteiger partial charge in [0, 0.05) is 18.9 Å². The number of ketones is 1. The van der Waals surface area contributed by atoms with Crippen molar-refractivity contribution >= 4 is 5.78 Å². The maximum atomic E-state index is 12.3. The first-order valence-corrected chi connectivity index (χ1v) is 6.62. The van der Waals surface area contributed by atoms with Gasteiger partial charge >= 0.3 is 0 Å². The van der Waals surface area contributed by atoms with Crippen LogP contribution in [0.3, 0.4) is 0 Å². The summed E-state index contributed by atoms with van der Waals surface area (Å²) in [6.45, 7) is 3.43. The van der Waals surface area contributed by atoms with Gasteiger partial charge < -0.3 is 4.90 Å². The maximum absolute atomic E-state index is 12.3. The van der Waals surface area contributed by atoms with Gasteiger partial charge in [-0.15, -0.1) is 0 Å². The lowest BCUT2D eigenvalue weighted by molar-refractivity contribution is -0.128. The first kappa shape index (κ1) is 11.0. The largest absolute Gasteiger partial charge is 0.303 e. The molecular formula is C15H19NO. The molecule has 0 spiro atoms. The molecule has 3 heterocycles. The number of rotatable bonds is 3. The van der Waals surface area contributed by atoms with Crippen LogP contribution in [0.5, 0.6) is 0 Å². The van der Waals surface area contributed by atoms with E-state index in [1.807, 2.05) is 18.2 Å². The van der Waals surface area contributed by atoms with Gasteiger partial charge in [-0.25, -0.2) is 0 Å². The molecule has 1 unspecified atom stereocenters. The molecule has 2 bridgehead atoms. The molecule has 1 aromatic rings. The summed E-state index contributed by atoms with van der Waals surface area (Å²) < 4.78 is 0. The lowest BCUT2D eigenvalue weighted by Crippen LogP contribution is -2.50.